The summed E-state index contributed by atoms with van der Waals surface area (Å²) in [5.74, 6) is -0.0863. The monoisotopic (exact) mass is 443 g/mol. The molecule has 6 nitrogen and oxygen atoms in total. The number of thiazole rings is 1. The van der Waals surface area contributed by atoms with Crippen molar-refractivity contribution in [2.75, 3.05) is 18.4 Å². The van der Waals surface area contributed by atoms with Crippen LogP contribution in [0.1, 0.15) is 25.8 Å². The summed E-state index contributed by atoms with van der Waals surface area (Å²) in [7, 11) is -3.46. The van der Waals surface area contributed by atoms with Gasteiger partial charge in [0.1, 0.15) is 5.01 Å². The fourth-order valence-electron chi connectivity index (χ4n) is 3.08. The van der Waals surface area contributed by atoms with Gasteiger partial charge in [0.25, 0.3) is 0 Å². The van der Waals surface area contributed by atoms with E-state index in [0.717, 1.165) is 21.8 Å². The number of hydrogen-bond acceptors (Lipinski definition) is 5. The number of anilines is 1. The van der Waals surface area contributed by atoms with Crippen molar-refractivity contribution < 1.29 is 13.2 Å². The van der Waals surface area contributed by atoms with E-state index in [-0.39, 0.29) is 10.8 Å². The topological polar surface area (TPSA) is 79.4 Å². The number of carbonyl (C=O) groups is 1. The predicted octanol–water partition coefficient (Wildman–Crippen LogP) is 4.41. The smallest absolute Gasteiger partial charge is 0.243 e. The van der Waals surface area contributed by atoms with Crippen LogP contribution in [0.2, 0.25) is 0 Å². The fourth-order valence-corrected chi connectivity index (χ4v) is 5.19. The average Bonchev–Trinajstić information content (AvgIpc) is 3.29. The van der Waals surface area contributed by atoms with Gasteiger partial charge in [0.05, 0.1) is 4.90 Å². The van der Waals surface area contributed by atoms with Gasteiger partial charge >= 0.3 is 0 Å². The predicted molar refractivity (Wildman–Crippen MR) is 121 cm³/mol. The molecule has 0 aliphatic rings. The van der Waals surface area contributed by atoms with E-state index in [9.17, 15) is 13.2 Å². The second-order valence-electron chi connectivity index (χ2n) is 6.70. The zero-order chi connectivity index (χ0) is 21.6. The van der Waals surface area contributed by atoms with Gasteiger partial charge in [-0.15, -0.1) is 11.3 Å². The zero-order valence-electron chi connectivity index (χ0n) is 17.0. The molecule has 8 heteroatoms. The molecule has 1 amide bonds. The number of amides is 1. The largest absolute Gasteiger partial charge is 0.326 e. The van der Waals surface area contributed by atoms with Crippen LogP contribution in [0.5, 0.6) is 0 Å². The Balaban J connectivity index is 1.55. The van der Waals surface area contributed by atoms with Gasteiger partial charge in [0, 0.05) is 42.3 Å². The number of rotatable bonds is 9. The lowest BCUT2D eigenvalue weighted by Gasteiger charge is -2.18. The maximum Gasteiger partial charge on any atom is 0.243 e. The molecule has 3 aromatic rings. The van der Waals surface area contributed by atoms with E-state index in [1.165, 1.54) is 4.31 Å². The van der Waals surface area contributed by atoms with Crippen molar-refractivity contribution >= 4 is 33.0 Å². The van der Waals surface area contributed by atoms with Crippen LogP contribution in [0.15, 0.2) is 65.0 Å². The first kappa shape index (κ1) is 22.1. The van der Waals surface area contributed by atoms with Crippen molar-refractivity contribution in [2.45, 2.75) is 31.6 Å². The Morgan fingerprint density at radius 3 is 2.27 bits per heavy atom. The molecule has 0 saturated heterocycles. The lowest BCUT2D eigenvalue weighted by Crippen LogP contribution is -2.30. The third kappa shape index (κ3) is 5.33. The first-order chi connectivity index (χ1) is 14.4. The van der Waals surface area contributed by atoms with Crippen LogP contribution in [0, 0.1) is 0 Å². The highest BCUT2D eigenvalue weighted by Crippen LogP contribution is 2.23. The summed E-state index contributed by atoms with van der Waals surface area (Å²) in [5.41, 5.74) is 2.67. The summed E-state index contributed by atoms with van der Waals surface area (Å²) in [6, 6.07) is 14.4. The SMILES string of the molecule is CCN(CC)S(=O)(=O)c1ccc(CCC(=O)Nc2ccc(-c3nccs3)cc2)cc1. The molecule has 0 aliphatic carbocycles. The minimum atomic E-state index is -3.46. The number of nitrogens with one attached hydrogen (secondary N) is 1. The number of sulfonamides is 1. The first-order valence-electron chi connectivity index (χ1n) is 9.83. The summed E-state index contributed by atoms with van der Waals surface area (Å²) >= 11 is 1.57. The van der Waals surface area contributed by atoms with Crippen molar-refractivity contribution in [1.29, 1.82) is 0 Å². The third-order valence-electron chi connectivity index (χ3n) is 4.76. The maximum absolute atomic E-state index is 12.5. The Kier molecular flexibility index (Phi) is 7.36. The van der Waals surface area contributed by atoms with Crippen LogP contribution in [-0.4, -0.2) is 36.7 Å². The molecule has 0 unspecified atom stereocenters. The van der Waals surface area contributed by atoms with Crippen molar-refractivity contribution in [3.8, 4) is 10.6 Å². The van der Waals surface area contributed by atoms with Crippen LogP contribution < -0.4 is 5.32 Å². The van der Waals surface area contributed by atoms with E-state index in [2.05, 4.69) is 10.3 Å². The van der Waals surface area contributed by atoms with Gasteiger partial charge < -0.3 is 5.32 Å². The van der Waals surface area contributed by atoms with Gasteiger partial charge in [-0.05, 0) is 48.4 Å². The Morgan fingerprint density at radius 1 is 1.03 bits per heavy atom. The molecule has 158 valence electrons. The quantitative estimate of drug-likeness (QED) is 0.531. The molecule has 0 saturated carbocycles. The number of aromatic nitrogens is 1. The minimum Gasteiger partial charge on any atom is -0.326 e. The molecule has 3 rings (SSSR count). The second-order valence-corrected chi connectivity index (χ2v) is 9.53. The van der Waals surface area contributed by atoms with Crippen LogP contribution >= 0.6 is 11.3 Å². The maximum atomic E-state index is 12.5. The molecule has 0 fully saturated rings. The summed E-state index contributed by atoms with van der Waals surface area (Å²) in [6.45, 7) is 4.51. The highest BCUT2D eigenvalue weighted by atomic mass is 32.2. The van der Waals surface area contributed by atoms with Crippen LogP contribution in [0.25, 0.3) is 10.6 Å². The van der Waals surface area contributed by atoms with E-state index in [1.54, 1.807) is 41.8 Å². The van der Waals surface area contributed by atoms with E-state index in [0.29, 0.717) is 25.9 Å². The van der Waals surface area contributed by atoms with E-state index in [1.807, 2.05) is 43.5 Å². The first-order valence-corrected chi connectivity index (χ1v) is 12.1. The third-order valence-corrected chi connectivity index (χ3v) is 7.64. The fraction of sp³-hybridized carbons (Fsp3) is 0.273. The highest BCUT2D eigenvalue weighted by Gasteiger charge is 2.21. The summed E-state index contributed by atoms with van der Waals surface area (Å²) in [4.78, 5) is 16.8. The van der Waals surface area contributed by atoms with Gasteiger partial charge in [0.2, 0.25) is 15.9 Å². The van der Waals surface area contributed by atoms with E-state index in [4.69, 9.17) is 0 Å². The van der Waals surface area contributed by atoms with Gasteiger partial charge in [-0.2, -0.15) is 4.31 Å². The number of carbonyl (C=O) groups excluding carboxylic acids is 1. The number of aryl methyl sites for hydroxylation is 1. The van der Waals surface area contributed by atoms with Crippen LogP contribution in [0.4, 0.5) is 5.69 Å². The van der Waals surface area contributed by atoms with Gasteiger partial charge in [-0.3, -0.25) is 4.79 Å². The molecular weight excluding hydrogens is 418 g/mol. The van der Waals surface area contributed by atoms with Crippen LogP contribution in [0.3, 0.4) is 0 Å². The lowest BCUT2D eigenvalue weighted by atomic mass is 10.1. The zero-order valence-corrected chi connectivity index (χ0v) is 18.7. The van der Waals surface area contributed by atoms with Gasteiger partial charge in [0.15, 0.2) is 0 Å². The highest BCUT2D eigenvalue weighted by molar-refractivity contribution is 7.89. The molecule has 30 heavy (non-hydrogen) atoms. The van der Waals surface area contributed by atoms with E-state index >= 15 is 0 Å². The second kappa shape index (κ2) is 9.97. The van der Waals surface area contributed by atoms with E-state index < -0.39 is 10.0 Å². The standard InChI is InChI=1S/C22H25N3O3S2/c1-3-25(4-2)30(27,28)20-12-5-17(6-13-20)7-14-21(26)24-19-10-8-18(9-11-19)22-23-15-16-29-22/h5-6,8-13,15-16H,3-4,7,14H2,1-2H3,(H,24,26). The molecule has 1 heterocycles. The molecule has 0 aliphatic heterocycles. The molecular formula is C22H25N3O3S2. The number of hydrogen-bond donors (Lipinski definition) is 1. The summed E-state index contributed by atoms with van der Waals surface area (Å²) in [5, 5.41) is 5.76. The van der Waals surface area contributed by atoms with Gasteiger partial charge in [-0.25, -0.2) is 13.4 Å². The molecule has 1 N–H and O–H groups in total. The molecule has 2 aromatic carbocycles. The number of nitrogens with zero attached hydrogens (tertiary/aromatic N) is 2. The Bertz CT molecular complexity index is 1060. The van der Waals surface area contributed by atoms with Crippen molar-refractivity contribution in [1.82, 2.24) is 9.29 Å². The lowest BCUT2D eigenvalue weighted by molar-refractivity contribution is -0.116. The molecule has 0 radical (unpaired) electrons. The Morgan fingerprint density at radius 2 is 1.70 bits per heavy atom. The Labute approximate surface area is 181 Å². The van der Waals surface area contributed by atoms with Crippen molar-refractivity contribution in [3.05, 3.63) is 65.7 Å². The Hall–Kier alpha value is -2.55. The normalized spacial score (nSPS) is 11.6. The molecule has 1 aromatic heterocycles. The average molecular weight is 444 g/mol. The summed E-state index contributed by atoms with van der Waals surface area (Å²) < 4.78 is 26.5. The molecule has 0 spiro atoms. The minimum absolute atomic E-state index is 0.0863. The van der Waals surface area contributed by atoms with Crippen molar-refractivity contribution in [3.63, 3.8) is 0 Å². The number of benzene rings is 2. The van der Waals surface area contributed by atoms with Crippen molar-refractivity contribution in [2.24, 2.45) is 0 Å². The molecule has 0 bridgehead atoms. The summed E-state index contributed by atoms with van der Waals surface area (Å²) in [6.07, 6.45) is 2.62. The van der Waals surface area contributed by atoms with Gasteiger partial charge in [-0.1, -0.05) is 26.0 Å². The molecule has 0 atom stereocenters. The van der Waals surface area contributed by atoms with Crippen LogP contribution in [-0.2, 0) is 21.2 Å².